The van der Waals surface area contributed by atoms with Gasteiger partial charge in [0, 0.05) is 6.04 Å². The van der Waals surface area contributed by atoms with Crippen molar-refractivity contribution >= 4 is 0 Å². The molecule has 20 heavy (non-hydrogen) atoms. The first-order chi connectivity index (χ1) is 9.42. The lowest BCUT2D eigenvalue weighted by atomic mass is 9.94. The number of nitrogens with two attached hydrogens (primary N) is 1. The Hall–Kier alpha value is -1.27. The van der Waals surface area contributed by atoms with Gasteiger partial charge in [-0.3, -0.25) is 0 Å². The van der Waals surface area contributed by atoms with E-state index in [0.29, 0.717) is 6.61 Å². The van der Waals surface area contributed by atoms with Crippen LogP contribution < -0.4 is 10.5 Å². The number of rotatable bonds is 4. The van der Waals surface area contributed by atoms with Crippen LogP contribution in [-0.4, -0.2) is 18.5 Å². The van der Waals surface area contributed by atoms with E-state index in [2.05, 4.69) is 4.74 Å². The largest absolute Gasteiger partial charge is 0.573 e. The summed E-state index contributed by atoms with van der Waals surface area (Å²) >= 11 is 0. The van der Waals surface area contributed by atoms with Crippen molar-refractivity contribution in [3.8, 4) is 5.75 Å². The van der Waals surface area contributed by atoms with E-state index in [4.69, 9.17) is 10.5 Å². The zero-order valence-electron chi connectivity index (χ0n) is 11.0. The van der Waals surface area contributed by atoms with E-state index in [0.717, 1.165) is 31.2 Å². The normalized spacial score (nSPS) is 23.6. The van der Waals surface area contributed by atoms with Gasteiger partial charge in [-0.2, -0.15) is 0 Å². The Morgan fingerprint density at radius 2 is 1.65 bits per heavy atom. The Bertz CT molecular complexity index is 411. The molecule has 6 heteroatoms. The predicted molar refractivity (Wildman–Crippen MR) is 68.1 cm³/mol. The molecular formula is C14H18F3NO2. The van der Waals surface area contributed by atoms with Crippen LogP contribution in [0.25, 0.3) is 0 Å². The molecule has 1 aliphatic carbocycles. The number of hydrogen-bond acceptors (Lipinski definition) is 3. The lowest BCUT2D eigenvalue weighted by molar-refractivity contribution is -0.274. The molecule has 0 amide bonds. The fourth-order valence-corrected chi connectivity index (χ4v) is 2.26. The Morgan fingerprint density at radius 3 is 2.20 bits per heavy atom. The van der Waals surface area contributed by atoms with Gasteiger partial charge in [0.25, 0.3) is 0 Å². The molecule has 0 saturated heterocycles. The Morgan fingerprint density at radius 1 is 1.05 bits per heavy atom. The molecule has 0 atom stereocenters. The summed E-state index contributed by atoms with van der Waals surface area (Å²) in [5.74, 6) is -0.218. The fraction of sp³-hybridized carbons (Fsp3) is 0.571. The van der Waals surface area contributed by atoms with Crippen LogP contribution >= 0.6 is 0 Å². The minimum absolute atomic E-state index is 0.195. The predicted octanol–water partition coefficient (Wildman–Crippen LogP) is 3.37. The van der Waals surface area contributed by atoms with Crippen LogP contribution in [0.5, 0.6) is 5.75 Å². The summed E-state index contributed by atoms with van der Waals surface area (Å²) in [4.78, 5) is 0. The minimum atomic E-state index is -4.65. The number of alkyl halides is 3. The average molecular weight is 289 g/mol. The second-order valence-corrected chi connectivity index (χ2v) is 5.04. The fourth-order valence-electron chi connectivity index (χ4n) is 2.26. The topological polar surface area (TPSA) is 44.5 Å². The zero-order valence-corrected chi connectivity index (χ0v) is 11.0. The van der Waals surface area contributed by atoms with Gasteiger partial charge >= 0.3 is 6.36 Å². The molecule has 0 radical (unpaired) electrons. The van der Waals surface area contributed by atoms with Gasteiger partial charge < -0.3 is 15.2 Å². The van der Waals surface area contributed by atoms with Gasteiger partial charge in [0.2, 0.25) is 0 Å². The van der Waals surface area contributed by atoms with Crippen LogP contribution in [0.3, 0.4) is 0 Å². The van der Waals surface area contributed by atoms with E-state index < -0.39 is 6.36 Å². The molecule has 3 nitrogen and oxygen atoms in total. The summed E-state index contributed by atoms with van der Waals surface area (Å²) in [6.45, 7) is 0.395. The van der Waals surface area contributed by atoms with Crippen molar-refractivity contribution in [3.05, 3.63) is 29.8 Å². The molecule has 1 saturated carbocycles. The first-order valence-electron chi connectivity index (χ1n) is 6.64. The molecule has 112 valence electrons. The van der Waals surface area contributed by atoms with Gasteiger partial charge in [-0.15, -0.1) is 13.2 Å². The first-order valence-corrected chi connectivity index (χ1v) is 6.64. The summed E-state index contributed by atoms with van der Waals surface area (Å²) in [7, 11) is 0. The molecule has 1 aliphatic rings. The summed E-state index contributed by atoms with van der Waals surface area (Å²) in [6, 6.07) is 6.02. The van der Waals surface area contributed by atoms with Crippen LogP contribution in [0.2, 0.25) is 0 Å². The Labute approximate surface area is 115 Å². The summed E-state index contributed by atoms with van der Waals surface area (Å²) in [6.07, 6.45) is -0.654. The molecule has 0 bridgehead atoms. The van der Waals surface area contributed by atoms with Crippen LogP contribution in [0.1, 0.15) is 31.2 Å². The van der Waals surface area contributed by atoms with Crippen LogP contribution in [0.15, 0.2) is 24.3 Å². The quantitative estimate of drug-likeness (QED) is 0.924. The Kier molecular flexibility index (Phi) is 4.88. The van der Waals surface area contributed by atoms with Crippen molar-refractivity contribution in [2.75, 3.05) is 0 Å². The smallest absolute Gasteiger partial charge is 0.406 e. The monoisotopic (exact) mass is 289 g/mol. The molecule has 0 aromatic heterocycles. The number of benzene rings is 1. The Balaban J connectivity index is 1.79. The van der Waals surface area contributed by atoms with E-state index in [1.165, 1.54) is 12.1 Å². The number of halogens is 3. The standard InChI is InChI=1S/C14H18F3NO2/c15-14(16,17)20-13-5-1-10(2-6-13)9-19-12-7-3-11(18)4-8-12/h1-2,5-6,11-12H,3-4,7-9,18H2. The van der Waals surface area contributed by atoms with Crippen molar-refractivity contribution in [1.82, 2.24) is 0 Å². The highest BCUT2D eigenvalue weighted by molar-refractivity contribution is 5.27. The molecule has 2 N–H and O–H groups in total. The van der Waals surface area contributed by atoms with Gasteiger partial charge in [0.05, 0.1) is 12.7 Å². The molecule has 2 rings (SSSR count). The molecule has 1 aromatic carbocycles. The highest BCUT2D eigenvalue weighted by atomic mass is 19.4. The third kappa shape index (κ3) is 5.02. The molecular weight excluding hydrogens is 271 g/mol. The van der Waals surface area contributed by atoms with Gasteiger partial charge in [0.1, 0.15) is 5.75 Å². The maximum atomic E-state index is 12.0. The molecule has 0 spiro atoms. The van der Waals surface area contributed by atoms with Crippen LogP contribution in [0, 0.1) is 0 Å². The SMILES string of the molecule is NC1CCC(OCc2ccc(OC(F)(F)F)cc2)CC1. The lowest BCUT2D eigenvalue weighted by Crippen LogP contribution is -2.30. The minimum Gasteiger partial charge on any atom is -0.406 e. The summed E-state index contributed by atoms with van der Waals surface area (Å²) < 4.78 is 45.6. The summed E-state index contributed by atoms with van der Waals surface area (Å²) in [5, 5.41) is 0. The number of ether oxygens (including phenoxy) is 2. The van der Waals surface area contributed by atoms with Crippen molar-refractivity contribution in [3.63, 3.8) is 0 Å². The van der Waals surface area contributed by atoms with Gasteiger partial charge in [-0.05, 0) is 43.4 Å². The summed E-state index contributed by atoms with van der Waals surface area (Å²) in [5.41, 5.74) is 6.64. The van der Waals surface area contributed by atoms with Crippen LogP contribution in [0.4, 0.5) is 13.2 Å². The van der Waals surface area contributed by atoms with E-state index >= 15 is 0 Å². The van der Waals surface area contributed by atoms with Gasteiger partial charge in [0.15, 0.2) is 0 Å². The second-order valence-electron chi connectivity index (χ2n) is 5.04. The van der Waals surface area contributed by atoms with Gasteiger partial charge in [-0.25, -0.2) is 0 Å². The molecule has 0 unspecified atom stereocenters. The second kappa shape index (κ2) is 6.45. The molecule has 1 fully saturated rings. The third-order valence-corrected chi connectivity index (χ3v) is 3.36. The van der Waals surface area contributed by atoms with E-state index in [1.807, 2.05) is 0 Å². The lowest BCUT2D eigenvalue weighted by Gasteiger charge is -2.26. The molecule has 1 aromatic rings. The van der Waals surface area contributed by atoms with Gasteiger partial charge in [-0.1, -0.05) is 12.1 Å². The van der Waals surface area contributed by atoms with Crippen molar-refractivity contribution < 1.29 is 22.6 Å². The zero-order chi connectivity index (χ0) is 14.6. The third-order valence-electron chi connectivity index (χ3n) is 3.36. The maximum absolute atomic E-state index is 12.0. The molecule has 0 aliphatic heterocycles. The van der Waals surface area contributed by atoms with E-state index in [9.17, 15) is 13.2 Å². The maximum Gasteiger partial charge on any atom is 0.573 e. The van der Waals surface area contributed by atoms with Crippen molar-refractivity contribution in [1.29, 1.82) is 0 Å². The average Bonchev–Trinajstić information content (AvgIpc) is 2.38. The first kappa shape index (κ1) is 15.1. The van der Waals surface area contributed by atoms with Crippen molar-refractivity contribution in [2.24, 2.45) is 5.73 Å². The molecule has 0 heterocycles. The van der Waals surface area contributed by atoms with E-state index in [1.54, 1.807) is 12.1 Å². The number of hydrogen-bond donors (Lipinski definition) is 1. The highest BCUT2D eigenvalue weighted by Gasteiger charge is 2.30. The van der Waals surface area contributed by atoms with Crippen molar-refractivity contribution in [2.45, 2.75) is 50.8 Å². The van der Waals surface area contributed by atoms with Crippen LogP contribution in [-0.2, 0) is 11.3 Å². The highest BCUT2D eigenvalue weighted by Crippen LogP contribution is 2.24. The van der Waals surface area contributed by atoms with E-state index in [-0.39, 0.29) is 17.9 Å².